The number of ketones is 1. The number of hydrogen-bond acceptors (Lipinski definition) is 4. The Hall–Kier alpha value is -3.57. The molecule has 1 amide bonds. The Bertz CT molecular complexity index is 1470. The Morgan fingerprint density at radius 2 is 1.68 bits per heavy atom. The molecule has 0 saturated carbocycles. The molecule has 0 radical (unpaired) electrons. The number of nitrogens with zero attached hydrogens (tertiary/aromatic N) is 1. The van der Waals surface area contributed by atoms with Gasteiger partial charge in [-0.3, -0.25) is 9.59 Å². The fourth-order valence-corrected chi connectivity index (χ4v) is 6.07. The number of benzene rings is 3. The lowest BCUT2D eigenvalue weighted by Gasteiger charge is -2.38. The molecule has 2 N–H and O–H groups in total. The molecule has 5 nitrogen and oxygen atoms in total. The number of anilines is 2. The van der Waals surface area contributed by atoms with E-state index in [2.05, 4.69) is 74.4 Å². The van der Waals surface area contributed by atoms with Crippen LogP contribution < -0.4 is 15.5 Å². The van der Waals surface area contributed by atoms with Gasteiger partial charge in [-0.15, -0.1) is 0 Å². The molecule has 0 saturated heterocycles. The highest BCUT2D eigenvalue weighted by atomic mass is 35.5. The topological polar surface area (TPSA) is 61.4 Å². The van der Waals surface area contributed by atoms with Gasteiger partial charge in [-0.05, 0) is 64.6 Å². The summed E-state index contributed by atoms with van der Waals surface area (Å²) in [7, 11) is 0. The molecule has 6 heteroatoms. The van der Waals surface area contributed by atoms with Gasteiger partial charge < -0.3 is 15.5 Å². The van der Waals surface area contributed by atoms with Crippen molar-refractivity contribution in [3.8, 4) is 0 Å². The summed E-state index contributed by atoms with van der Waals surface area (Å²) < 4.78 is 0. The van der Waals surface area contributed by atoms with Gasteiger partial charge in [-0.2, -0.15) is 0 Å². The van der Waals surface area contributed by atoms with Gasteiger partial charge >= 0.3 is 0 Å². The molecular weight excluding hydrogens is 530 g/mol. The maximum Gasteiger partial charge on any atom is 0.239 e. The minimum absolute atomic E-state index is 0.00884. The smallest absolute Gasteiger partial charge is 0.239 e. The minimum Gasteiger partial charge on any atom is -0.357 e. The number of carbonyl (C=O) groups excluding carboxylic acids is 2. The SMILES string of the molecule is CC1(C)CC(=O)C2=C(C1)Nc1ccccc1N(CC(=O)NCCc1ccc(Cl)cc1)C2c1ccc(C(C)(C)C)cc1. The zero-order valence-corrected chi connectivity index (χ0v) is 25.4. The summed E-state index contributed by atoms with van der Waals surface area (Å²) in [6, 6.07) is 23.9. The van der Waals surface area contributed by atoms with Crippen LogP contribution in [0.1, 0.15) is 70.2 Å². The van der Waals surface area contributed by atoms with E-state index in [-0.39, 0.29) is 35.1 Å². The molecule has 1 unspecified atom stereocenters. The first-order valence-electron chi connectivity index (χ1n) is 14.4. The third-order valence-electron chi connectivity index (χ3n) is 8.06. The van der Waals surface area contributed by atoms with Crippen LogP contribution in [-0.4, -0.2) is 24.8 Å². The third kappa shape index (κ3) is 6.51. The first kappa shape index (κ1) is 28.9. The number of fused-ring (bicyclic) bond motifs is 1. The number of allylic oxidation sites excluding steroid dienone is 1. The predicted octanol–water partition coefficient (Wildman–Crippen LogP) is 7.61. The molecule has 1 aliphatic heterocycles. The summed E-state index contributed by atoms with van der Waals surface area (Å²) in [6.45, 7) is 11.5. The van der Waals surface area contributed by atoms with Gasteiger partial charge in [0.1, 0.15) is 0 Å². The number of Topliss-reactive ketones (excluding diaryl/α,β-unsaturated/α-hetero) is 1. The number of carbonyl (C=O) groups is 2. The van der Waals surface area contributed by atoms with Crippen molar-refractivity contribution in [1.82, 2.24) is 5.32 Å². The maximum atomic E-state index is 13.9. The van der Waals surface area contributed by atoms with E-state index in [1.807, 2.05) is 48.5 Å². The van der Waals surface area contributed by atoms with Crippen LogP contribution in [0.2, 0.25) is 5.02 Å². The summed E-state index contributed by atoms with van der Waals surface area (Å²) in [6.07, 6.45) is 1.95. The van der Waals surface area contributed by atoms with Gasteiger partial charge in [0, 0.05) is 29.3 Å². The van der Waals surface area contributed by atoms with Crippen LogP contribution in [-0.2, 0) is 21.4 Å². The lowest BCUT2D eigenvalue weighted by Crippen LogP contribution is -2.42. The van der Waals surface area contributed by atoms with Crippen molar-refractivity contribution in [3.63, 3.8) is 0 Å². The molecule has 3 aromatic carbocycles. The molecule has 5 rings (SSSR count). The Kier molecular flexibility index (Phi) is 8.02. The number of nitrogens with one attached hydrogen (secondary N) is 2. The average molecular weight is 570 g/mol. The Balaban J connectivity index is 1.52. The van der Waals surface area contributed by atoms with Crippen molar-refractivity contribution in [2.75, 3.05) is 23.3 Å². The van der Waals surface area contributed by atoms with Gasteiger partial charge in [0.25, 0.3) is 0 Å². The molecule has 3 aromatic rings. The van der Waals surface area contributed by atoms with Crippen molar-refractivity contribution in [1.29, 1.82) is 0 Å². The molecule has 1 heterocycles. The third-order valence-corrected chi connectivity index (χ3v) is 8.31. The number of rotatable bonds is 6. The normalized spacial score (nSPS) is 18.2. The highest BCUT2D eigenvalue weighted by Crippen LogP contribution is 2.48. The van der Waals surface area contributed by atoms with Crippen molar-refractivity contribution in [2.45, 2.75) is 65.3 Å². The highest BCUT2D eigenvalue weighted by molar-refractivity contribution is 6.30. The van der Waals surface area contributed by atoms with E-state index in [0.717, 1.165) is 40.2 Å². The molecule has 0 aromatic heterocycles. The maximum absolute atomic E-state index is 13.9. The lowest BCUT2D eigenvalue weighted by molar-refractivity contribution is -0.120. The van der Waals surface area contributed by atoms with Crippen LogP contribution in [0.5, 0.6) is 0 Å². The van der Waals surface area contributed by atoms with Crippen LogP contribution in [0.4, 0.5) is 11.4 Å². The van der Waals surface area contributed by atoms with Crippen molar-refractivity contribution >= 4 is 34.7 Å². The van der Waals surface area contributed by atoms with Gasteiger partial charge in [0.2, 0.25) is 5.91 Å². The standard InChI is InChI=1S/C35H40ClN3O2/c1-34(2,3)25-14-12-24(13-15-25)33-32-28(20-35(4,5)21-30(32)40)38-27-8-6-7-9-29(27)39(33)22-31(41)37-19-18-23-10-16-26(36)17-11-23/h6-17,33,38H,18-22H2,1-5H3,(H,37,41). The second kappa shape index (κ2) is 11.4. The molecule has 2 aliphatic rings. The van der Waals surface area contributed by atoms with Gasteiger partial charge in [-0.1, -0.05) is 94.8 Å². The molecule has 0 fully saturated rings. The van der Waals surface area contributed by atoms with Gasteiger partial charge in [0.15, 0.2) is 5.78 Å². The van der Waals surface area contributed by atoms with Gasteiger partial charge in [0.05, 0.1) is 24.0 Å². The number of amides is 1. The molecular formula is C35H40ClN3O2. The van der Waals surface area contributed by atoms with E-state index in [9.17, 15) is 9.59 Å². The highest BCUT2D eigenvalue weighted by Gasteiger charge is 2.42. The quantitative estimate of drug-likeness (QED) is 0.321. The summed E-state index contributed by atoms with van der Waals surface area (Å²) in [5.74, 6) is 0.0484. The Morgan fingerprint density at radius 1 is 1.00 bits per heavy atom. The molecule has 41 heavy (non-hydrogen) atoms. The molecule has 0 bridgehead atoms. The van der Waals surface area contributed by atoms with Crippen LogP contribution in [0.15, 0.2) is 84.1 Å². The average Bonchev–Trinajstić information content (AvgIpc) is 3.03. The first-order valence-corrected chi connectivity index (χ1v) is 14.8. The molecule has 1 aliphatic carbocycles. The fraction of sp³-hybridized carbons (Fsp3) is 0.371. The van der Waals surface area contributed by atoms with Crippen LogP contribution in [0.25, 0.3) is 0 Å². The van der Waals surface area contributed by atoms with E-state index >= 15 is 0 Å². The predicted molar refractivity (Wildman–Crippen MR) is 169 cm³/mol. The second-order valence-corrected chi connectivity index (χ2v) is 13.5. The molecule has 214 valence electrons. The largest absolute Gasteiger partial charge is 0.357 e. The van der Waals surface area contributed by atoms with E-state index < -0.39 is 0 Å². The van der Waals surface area contributed by atoms with E-state index in [1.165, 1.54) is 5.56 Å². The monoisotopic (exact) mass is 569 g/mol. The van der Waals surface area contributed by atoms with Crippen LogP contribution >= 0.6 is 11.6 Å². The first-order chi connectivity index (χ1) is 19.4. The summed E-state index contributed by atoms with van der Waals surface area (Å²) >= 11 is 6.02. The van der Waals surface area contributed by atoms with Crippen LogP contribution in [0, 0.1) is 5.41 Å². The summed E-state index contributed by atoms with van der Waals surface area (Å²) in [5, 5.41) is 7.43. The summed E-state index contributed by atoms with van der Waals surface area (Å²) in [5.41, 5.74) is 6.74. The zero-order valence-electron chi connectivity index (χ0n) is 24.7. The lowest BCUT2D eigenvalue weighted by atomic mass is 9.73. The van der Waals surface area contributed by atoms with E-state index in [1.54, 1.807) is 0 Å². The second-order valence-electron chi connectivity index (χ2n) is 13.1. The van der Waals surface area contributed by atoms with Gasteiger partial charge in [-0.25, -0.2) is 0 Å². The molecule has 1 atom stereocenters. The Labute approximate surface area is 249 Å². The Morgan fingerprint density at radius 3 is 2.37 bits per heavy atom. The fourth-order valence-electron chi connectivity index (χ4n) is 5.95. The number of para-hydroxylation sites is 2. The van der Waals surface area contributed by atoms with Crippen molar-refractivity contribution in [2.24, 2.45) is 5.41 Å². The van der Waals surface area contributed by atoms with E-state index in [0.29, 0.717) is 24.4 Å². The van der Waals surface area contributed by atoms with Crippen molar-refractivity contribution in [3.05, 3.63) is 106 Å². The minimum atomic E-state index is -0.388. The summed E-state index contributed by atoms with van der Waals surface area (Å²) in [4.78, 5) is 29.5. The number of hydrogen-bond donors (Lipinski definition) is 2. The van der Waals surface area contributed by atoms with Crippen LogP contribution in [0.3, 0.4) is 0 Å². The zero-order chi connectivity index (χ0) is 29.4. The molecule has 0 spiro atoms. The number of halogens is 1. The van der Waals surface area contributed by atoms with E-state index in [4.69, 9.17) is 11.6 Å². The van der Waals surface area contributed by atoms with Crippen molar-refractivity contribution < 1.29 is 9.59 Å².